The van der Waals surface area contributed by atoms with Gasteiger partial charge in [0.25, 0.3) is 0 Å². The summed E-state index contributed by atoms with van der Waals surface area (Å²) in [4.78, 5) is 16.5. The second-order valence-electron chi connectivity index (χ2n) is 6.11. The number of para-hydroxylation sites is 2. The molecule has 122 valence electrons. The van der Waals surface area contributed by atoms with Crippen LogP contribution in [0.15, 0.2) is 24.3 Å². The highest BCUT2D eigenvalue weighted by Gasteiger charge is 2.29. The molecule has 1 amide bonds. The summed E-state index contributed by atoms with van der Waals surface area (Å²) in [6.07, 6.45) is 0.859. The maximum atomic E-state index is 12.5. The van der Waals surface area contributed by atoms with Crippen LogP contribution in [0.5, 0.6) is 0 Å². The number of nitrogens with zero attached hydrogens (tertiary/aromatic N) is 5. The Morgan fingerprint density at radius 1 is 1.13 bits per heavy atom. The lowest BCUT2D eigenvalue weighted by Gasteiger charge is -2.25. The molecule has 6 heteroatoms. The molecule has 1 atom stereocenters. The van der Waals surface area contributed by atoms with Crippen LogP contribution in [0, 0.1) is 5.92 Å². The van der Waals surface area contributed by atoms with E-state index >= 15 is 0 Å². The van der Waals surface area contributed by atoms with Crippen LogP contribution < -0.4 is 9.80 Å². The summed E-state index contributed by atoms with van der Waals surface area (Å²) >= 11 is 0. The van der Waals surface area contributed by atoms with E-state index in [1.807, 2.05) is 43.8 Å². The number of carbonyl (C=O) groups is 1. The molecule has 0 bridgehead atoms. The molecule has 0 spiro atoms. The zero-order chi connectivity index (χ0) is 16.6. The van der Waals surface area contributed by atoms with Gasteiger partial charge in [0.05, 0.1) is 23.8 Å². The van der Waals surface area contributed by atoms with Crippen LogP contribution in [0.3, 0.4) is 0 Å². The van der Waals surface area contributed by atoms with E-state index in [0.29, 0.717) is 13.1 Å². The lowest BCUT2D eigenvalue weighted by molar-refractivity contribution is -0.121. The smallest absolute Gasteiger partial charge is 0.231 e. The molecule has 1 aromatic heterocycles. The minimum Gasteiger partial charge on any atom is -0.362 e. The summed E-state index contributed by atoms with van der Waals surface area (Å²) in [5, 5.41) is 8.56. The predicted octanol–water partition coefficient (Wildman–Crippen LogP) is 2.00. The summed E-state index contributed by atoms with van der Waals surface area (Å²) < 4.78 is 2.05. The topological polar surface area (TPSA) is 54.3 Å². The molecular weight excluding hydrogens is 290 g/mol. The summed E-state index contributed by atoms with van der Waals surface area (Å²) in [7, 11) is 3.84. The molecule has 2 heterocycles. The van der Waals surface area contributed by atoms with Crippen molar-refractivity contribution in [1.29, 1.82) is 0 Å². The number of benzene rings is 1. The van der Waals surface area contributed by atoms with E-state index in [1.165, 1.54) is 0 Å². The Labute approximate surface area is 136 Å². The fourth-order valence-corrected chi connectivity index (χ4v) is 3.14. The monoisotopic (exact) mass is 313 g/mol. The van der Waals surface area contributed by atoms with E-state index in [9.17, 15) is 4.79 Å². The van der Waals surface area contributed by atoms with Crippen molar-refractivity contribution in [2.24, 2.45) is 13.0 Å². The van der Waals surface area contributed by atoms with E-state index in [-0.39, 0.29) is 11.8 Å². The van der Waals surface area contributed by atoms with Crippen molar-refractivity contribution in [2.75, 3.05) is 23.4 Å². The third kappa shape index (κ3) is 2.69. The fourth-order valence-electron chi connectivity index (χ4n) is 3.14. The van der Waals surface area contributed by atoms with Gasteiger partial charge < -0.3 is 14.4 Å². The molecule has 0 saturated carbocycles. The first-order valence-corrected chi connectivity index (χ1v) is 8.01. The summed E-state index contributed by atoms with van der Waals surface area (Å²) in [5.41, 5.74) is 2.01. The van der Waals surface area contributed by atoms with Crippen LogP contribution in [0.25, 0.3) is 0 Å². The largest absolute Gasteiger partial charge is 0.362 e. The number of anilines is 2. The lowest BCUT2D eigenvalue weighted by atomic mass is 10.1. The average molecular weight is 313 g/mol. The number of hydrogen-bond acceptors (Lipinski definition) is 4. The van der Waals surface area contributed by atoms with E-state index in [1.54, 1.807) is 4.90 Å². The van der Waals surface area contributed by atoms with Crippen LogP contribution in [0.4, 0.5) is 11.4 Å². The summed E-state index contributed by atoms with van der Waals surface area (Å²) in [6, 6.07) is 8.03. The zero-order valence-electron chi connectivity index (χ0n) is 14.2. The second-order valence-corrected chi connectivity index (χ2v) is 6.11. The Hall–Kier alpha value is -2.37. The predicted molar refractivity (Wildman–Crippen MR) is 90.4 cm³/mol. The van der Waals surface area contributed by atoms with Gasteiger partial charge in [-0.2, -0.15) is 0 Å². The van der Waals surface area contributed by atoms with Gasteiger partial charge in [-0.05, 0) is 12.1 Å². The van der Waals surface area contributed by atoms with Gasteiger partial charge in [-0.3, -0.25) is 4.79 Å². The number of rotatable bonds is 3. The molecule has 0 radical (unpaired) electrons. The minimum atomic E-state index is -0.0636. The Kier molecular flexibility index (Phi) is 4.07. The SMILES string of the molecule is CCc1nnc(CN2CC(C)C(=O)N(C)c3ccccc32)n1C. The molecule has 3 rings (SSSR count). The number of amides is 1. The molecule has 2 aromatic rings. The normalized spacial score (nSPS) is 18.1. The van der Waals surface area contributed by atoms with Crippen LogP contribution in [-0.4, -0.2) is 34.3 Å². The number of aryl methyl sites for hydroxylation is 1. The lowest BCUT2D eigenvalue weighted by Crippen LogP contribution is -2.34. The molecule has 0 N–H and O–H groups in total. The highest BCUT2D eigenvalue weighted by atomic mass is 16.2. The maximum Gasteiger partial charge on any atom is 0.231 e. The highest BCUT2D eigenvalue weighted by Crippen LogP contribution is 2.33. The van der Waals surface area contributed by atoms with Gasteiger partial charge in [0.2, 0.25) is 5.91 Å². The average Bonchev–Trinajstić information content (AvgIpc) is 2.88. The standard InChI is InChI=1S/C17H23N5O/c1-5-15-18-19-16(21(15)4)11-22-10-12(2)17(23)20(3)13-8-6-7-9-14(13)22/h6-9,12H,5,10-11H2,1-4H3. The molecule has 0 fully saturated rings. The van der Waals surface area contributed by atoms with Crippen LogP contribution in [0.2, 0.25) is 0 Å². The molecule has 1 aliphatic rings. The molecule has 0 aliphatic carbocycles. The Balaban J connectivity index is 1.99. The van der Waals surface area contributed by atoms with Gasteiger partial charge >= 0.3 is 0 Å². The molecular formula is C17H23N5O. The Morgan fingerprint density at radius 3 is 2.43 bits per heavy atom. The maximum absolute atomic E-state index is 12.5. The van der Waals surface area contributed by atoms with Crippen molar-refractivity contribution in [2.45, 2.75) is 26.8 Å². The van der Waals surface area contributed by atoms with Crippen LogP contribution in [0.1, 0.15) is 25.5 Å². The first kappa shape index (κ1) is 15.5. The third-order valence-corrected chi connectivity index (χ3v) is 4.53. The summed E-state index contributed by atoms with van der Waals surface area (Å²) in [6.45, 7) is 5.37. The Morgan fingerprint density at radius 2 is 1.78 bits per heavy atom. The number of aromatic nitrogens is 3. The van der Waals surface area contributed by atoms with Gasteiger partial charge in [-0.15, -0.1) is 10.2 Å². The molecule has 1 aromatic carbocycles. The second kappa shape index (κ2) is 6.02. The van der Waals surface area contributed by atoms with Crippen molar-refractivity contribution < 1.29 is 4.79 Å². The van der Waals surface area contributed by atoms with E-state index in [4.69, 9.17) is 0 Å². The molecule has 6 nitrogen and oxygen atoms in total. The molecule has 1 unspecified atom stereocenters. The van der Waals surface area contributed by atoms with Crippen LogP contribution in [-0.2, 0) is 24.8 Å². The minimum absolute atomic E-state index is 0.0636. The number of hydrogen-bond donors (Lipinski definition) is 0. The van der Waals surface area contributed by atoms with Gasteiger partial charge in [-0.25, -0.2) is 0 Å². The fraction of sp³-hybridized carbons (Fsp3) is 0.471. The van der Waals surface area contributed by atoms with E-state index in [2.05, 4.69) is 28.1 Å². The van der Waals surface area contributed by atoms with E-state index < -0.39 is 0 Å². The van der Waals surface area contributed by atoms with Crippen molar-refractivity contribution in [3.63, 3.8) is 0 Å². The van der Waals surface area contributed by atoms with Crippen molar-refractivity contribution in [1.82, 2.24) is 14.8 Å². The van der Waals surface area contributed by atoms with Crippen LogP contribution >= 0.6 is 0 Å². The van der Waals surface area contributed by atoms with Gasteiger partial charge in [0, 0.05) is 27.1 Å². The van der Waals surface area contributed by atoms with Crippen molar-refractivity contribution >= 4 is 17.3 Å². The van der Waals surface area contributed by atoms with Gasteiger partial charge in [0.15, 0.2) is 5.82 Å². The highest BCUT2D eigenvalue weighted by molar-refractivity contribution is 5.99. The first-order chi connectivity index (χ1) is 11.0. The van der Waals surface area contributed by atoms with Gasteiger partial charge in [-0.1, -0.05) is 26.0 Å². The quantitative estimate of drug-likeness (QED) is 0.870. The van der Waals surface area contributed by atoms with Gasteiger partial charge in [0.1, 0.15) is 5.82 Å². The van der Waals surface area contributed by atoms with Crippen molar-refractivity contribution in [3.05, 3.63) is 35.9 Å². The van der Waals surface area contributed by atoms with E-state index in [0.717, 1.165) is 29.4 Å². The number of fused-ring (bicyclic) bond motifs is 1. The summed E-state index contributed by atoms with van der Waals surface area (Å²) in [5.74, 6) is 1.98. The number of carbonyl (C=O) groups excluding carboxylic acids is 1. The molecule has 23 heavy (non-hydrogen) atoms. The molecule has 0 saturated heterocycles. The third-order valence-electron chi connectivity index (χ3n) is 4.53. The van der Waals surface area contributed by atoms with Crippen molar-refractivity contribution in [3.8, 4) is 0 Å². The molecule has 1 aliphatic heterocycles. The Bertz CT molecular complexity index is 724. The first-order valence-electron chi connectivity index (χ1n) is 8.01. The zero-order valence-corrected chi connectivity index (χ0v) is 14.2.